The molecular weight excluding hydrogens is 419 g/mol. The Hall–Kier alpha value is -2.54. The molecule has 3 aromatic carbocycles. The average Bonchev–Trinajstić information content (AvgIpc) is 2.67. The van der Waals surface area contributed by atoms with E-state index >= 15 is 0 Å². The molecular formula is C20H14Cl2N2O3S. The van der Waals surface area contributed by atoms with E-state index in [0.717, 1.165) is 4.31 Å². The molecule has 1 aliphatic heterocycles. The second-order valence-corrected chi connectivity index (χ2v) is 8.93. The summed E-state index contributed by atoms with van der Waals surface area (Å²) in [6.45, 7) is -0.367. The standard InChI is InChI=1S/C20H14Cl2N2O3S/c21-13-5-8-15(9-6-13)23-20(25)12-24-18-10-7-14(22)11-17(18)16-3-1-2-4-19(16)28(24,26)27/h1-11H,12H2,(H,23,25). The van der Waals surface area contributed by atoms with Crippen molar-refractivity contribution in [2.75, 3.05) is 16.2 Å². The first-order valence-electron chi connectivity index (χ1n) is 8.33. The van der Waals surface area contributed by atoms with E-state index in [2.05, 4.69) is 5.32 Å². The van der Waals surface area contributed by atoms with Crippen LogP contribution in [-0.4, -0.2) is 20.9 Å². The smallest absolute Gasteiger partial charge is 0.265 e. The largest absolute Gasteiger partial charge is 0.325 e. The van der Waals surface area contributed by atoms with Crippen LogP contribution in [-0.2, 0) is 14.8 Å². The van der Waals surface area contributed by atoms with Crippen LogP contribution in [0.2, 0.25) is 10.0 Å². The van der Waals surface area contributed by atoms with E-state index in [0.29, 0.717) is 32.5 Å². The molecule has 1 amide bonds. The molecule has 0 unspecified atom stereocenters. The van der Waals surface area contributed by atoms with E-state index in [4.69, 9.17) is 23.2 Å². The Morgan fingerprint density at radius 3 is 2.32 bits per heavy atom. The fraction of sp³-hybridized carbons (Fsp3) is 0.0500. The molecule has 3 aromatic rings. The molecule has 142 valence electrons. The molecule has 5 nitrogen and oxygen atoms in total. The Kier molecular flexibility index (Phi) is 4.79. The zero-order valence-electron chi connectivity index (χ0n) is 14.4. The summed E-state index contributed by atoms with van der Waals surface area (Å²) >= 11 is 12.0. The Bertz CT molecular complexity index is 1180. The number of anilines is 2. The van der Waals surface area contributed by atoms with E-state index in [1.54, 1.807) is 60.7 Å². The lowest BCUT2D eigenvalue weighted by Gasteiger charge is -2.31. The first kappa shape index (κ1) is 18.8. The second-order valence-electron chi connectivity index (χ2n) is 6.22. The van der Waals surface area contributed by atoms with Crippen LogP contribution in [0, 0.1) is 0 Å². The molecule has 0 bridgehead atoms. The maximum Gasteiger partial charge on any atom is 0.265 e. The molecule has 0 saturated carbocycles. The Morgan fingerprint density at radius 2 is 1.57 bits per heavy atom. The molecule has 1 aliphatic rings. The summed E-state index contributed by atoms with van der Waals surface area (Å²) in [7, 11) is -3.89. The van der Waals surface area contributed by atoms with Crippen LogP contribution in [0.15, 0.2) is 71.6 Å². The van der Waals surface area contributed by atoms with Crippen molar-refractivity contribution in [3.8, 4) is 11.1 Å². The molecule has 0 spiro atoms. The van der Waals surface area contributed by atoms with E-state index in [9.17, 15) is 13.2 Å². The molecule has 4 rings (SSSR count). The highest BCUT2D eigenvalue weighted by atomic mass is 35.5. The maximum atomic E-state index is 13.2. The summed E-state index contributed by atoms with van der Waals surface area (Å²) in [6, 6.07) is 18.2. The van der Waals surface area contributed by atoms with Gasteiger partial charge < -0.3 is 5.32 Å². The monoisotopic (exact) mass is 432 g/mol. The van der Waals surface area contributed by atoms with Crippen molar-refractivity contribution < 1.29 is 13.2 Å². The van der Waals surface area contributed by atoms with Crippen molar-refractivity contribution in [3.63, 3.8) is 0 Å². The van der Waals surface area contributed by atoms with Crippen molar-refractivity contribution >= 4 is 50.5 Å². The highest BCUT2D eigenvalue weighted by Crippen LogP contribution is 2.43. The number of benzene rings is 3. The van der Waals surface area contributed by atoms with Gasteiger partial charge in [-0.15, -0.1) is 0 Å². The number of sulfonamides is 1. The molecule has 0 aliphatic carbocycles. The van der Waals surface area contributed by atoms with E-state index in [1.165, 1.54) is 6.07 Å². The van der Waals surface area contributed by atoms with Gasteiger partial charge in [0.15, 0.2) is 0 Å². The highest BCUT2D eigenvalue weighted by Gasteiger charge is 2.35. The predicted octanol–water partition coefficient (Wildman–Crippen LogP) is 4.81. The minimum absolute atomic E-state index is 0.143. The van der Waals surface area contributed by atoms with E-state index in [1.807, 2.05) is 0 Å². The van der Waals surface area contributed by atoms with Gasteiger partial charge in [-0.05, 0) is 48.5 Å². The zero-order valence-corrected chi connectivity index (χ0v) is 16.7. The predicted molar refractivity (Wildman–Crippen MR) is 112 cm³/mol. The van der Waals surface area contributed by atoms with Gasteiger partial charge in [0.1, 0.15) is 6.54 Å². The van der Waals surface area contributed by atoms with Crippen molar-refractivity contribution in [1.82, 2.24) is 0 Å². The van der Waals surface area contributed by atoms with Crippen LogP contribution >= 0.6 is 23.2 Å². The van der Waals surface area contributed by atoms with Gasteiger partial charge >= 0.3 is 0 Å². The summed E-state index contributed by atoms with van der Waals surface area (Å²) in [6.07, 6.45) is 0. The fourth-order valence-corrected chi connectivity index (χ4v) is 5.09. The fourth-order valence-electron chi connectivity index (χ4n) is 3.14. The Morgan fingerprint density at radius 1 is 0.893 bits per heavy atom. The zero-order chi connectivity index (χ0) is 19.9. The summed E-state index contributed by atoms with van der Waals surface area (Å²) in [4.78, 5) is 12.7. The van der Waals surface area contributed by atoms with Crippen LogP contribution in [0.5, 0.6) is 0 Å². The summed E-state index contributed by atoms with van der Waals surface area (Å²) in [5.41, 5.74) is 2.17. The lowest BCUT2D eigenvalue weighted by Crippen LogP contribution is -2.40. The molecule has 1 heterocycles. The van der Waals surface area contributed by atoms with Gasteiger partial charge in [0, 0.05) is 26.9 Å². The van der Waals surface area contributed by atoms with Gasteiger partial charge in [-0.1, -0.05) is 41.4 Å². The summed E-state index contributed by atoms with van der Waals surface area (Å²) in [5.74, 6) is -0.467. The second kappa shape index (κ2) is 7.13. The number of halogens is 2. The number of nitrogens with zero attached hydrogens (tertiary/aromatic N) is 1. The number of carbonyl (C=O) groups excluding carboxylic acids is 1. The third-order valence-corrected chi connectivity index (χ3v) is 6.69. The summed E-state index contributed by atoms with van der Waals surface area (Å²) < 4.78 is 27.5. The molecule has 1 N–H and O–H groups in total. The van der Waals surface area contributed by atoms with Crippen molar-refractivity contribution in [1.29, 1.82) is 0 Å². The lowest BCUT2D eigenvalue weighted by molar-refractivity contribution is -0.114. The minimum Gasteiger partial charge on any atom is -0.325 e. The molecule has 0 aromatic heterocycles. The normalized spacial score (nSPS) is 14.1. The Labute approximate surface area is 172 Å². The number of hydrogen-bond acceptors (Lipinski definition) is 3. The van der Waals surface area contributed by atoms with Crippen LogP contribution in [0.1, 0.15) is 0 Å². The lowest BCUT2D eigenvalue weighted by atomic mass is 10.0. The average molecular weight is 433 g/mol. The summed E-state index contributed by atoms with van der Waals surface area (Å²) in [5, 5.41) is 3.72. The highest BCUT2D eigenvalue weighted by molar-refractivity contribution is 7.93. The number of amides is 1. The Balaban J connectivity index is 1.72. The first-order valence-corrected chi connectivity index (χ1v) is 10.5. The van der Waals surface area contributed by atoms with E-state index < -0.39 is 15.9 Å². The molecule has 28 heavy (non-hydrogen) atoms. The molecule has 0 atom stereocenters. The van der Waals surface area contributed by atoms with Crippen LogP contribution < -0.4 is 9.62 Å². The van der Waals surface area contributed by atoms with Crippen LogP contribution in [0.25, 0.3) is 11.1 Å². The van der Waals surface area contributed by atoms with Gasteiger partial charge in [-0.2, -0.15) is 0 Å². The minimum atomic E-state index is -3.89. The number of carbonyl (C=O) groups is 1. The third-order valence-electron chi connectivity index (χ3n) is 4.39. The molecule has 0 radical (unpaired) electrons. The third kappa shape index (κ3) is 3.35. The van der Waals surface area contributed by atoms with Gasteiger partial charge in [0.05, 0.1) is 10.6 Å². The molecule has 8 heteroatoms. The van der Waals surface area contributed by atoms with Crippen LogP contribution in [0.4, 0.5) is 11.4 Å². The number of rotatable bonds is 3. The van der Waals surface area contributed by atoms with Gasteiger partial charge in [-0.25, -0.2) is 8.42 Å². The van der Waals surface area contributed by atoms with Gasteiger partial charge in [-0.3, -0.25) is 9.10 Å². The van der Waals surface area contributed by atoms with Gasteiger partial charge in [0.2, 0.25) is 5.91 Å². The number of nitrogens with one attached hydrogen (secondary N) is 1. The quantitative estimate of drug-likeness (QED) is 0.645. The maximum absolute atomic E-state index is 13.2. The van der Waals surface area contributed by atoms with Crippen molar-refractivity contribution in [2.45, 2.75) is 4.90 Å². The SMILES string of the molecule is O=C(CN1c2ccc(Cl)cc2-c2ccccc2S1(=O)=O)Nc1ccc(Cl)cc1. The molecule has 0 saturated heterocycles. The topological polar surface area (TPSA) is 66.5 Å². The van der Waals surface area contributed by atoms with E-state index in [-0.39, 0.29) is 11.4 Å². The number of hydrogen-bond donors (Lipinski definition) is 1. The van der Waals surface area contributed by atoms with Crippen LogP contribution in [0.3, 0.4) is 0 Å². The number of fused-ring (bicyclic) bond motifs is 3. The van der Waals surface area contributed by atoms with Gasteiger partial charge in [0.25, 0.3) is 10.0 Å². The molecule has 0 fully saturated rings. The first-order chi connectivity index (χ1) is 13.4. The van der Waals surface area contributed by atoms with Crippen molar-refractivity contribution in [3.05, 3.63) is 76.8 Å². The van der Waals surface area contributed by atoms with Crippen molar-refractivity contribution in [2.24, 2.45) is 0 Å².